The Labute approximate surface area is 169 Å². The van der Waals surface area contributed by atoms with Crippen LogP contribution in [0.3, 0.4) is 0 Å². The third-order valence-electron chi connectivity index (χ3n) is 5.87. The lowest BCUT2D eigenvalue weighted by atomic mass is 9.93. The van der Waals surface area contributed by atoms with Crippen molar-refractivity contribution >= 4 is 18.7 Å². The summed E-state index contributed by atoms with van der Waals surface area (Å²) in [7, 11) is -2.66. The summed E-state index contributed by atoms with van der Waals surface area (Å²) >= 11 is 0. The van der Waals surface area contributed by atoms with Crippen molar-refractivity contribution in [1.82, 2.24) is 0 Å². The smallest absolute Gasteiger partial charge is 0.261 e. The molecular formula is C23H32O4Si. The van der Waals surface area contributed by atoms with Gasteiger partial charge in [0.15, 0.2) is 0 Å². The zero-order chi connectivity index (χ0) is 20.3. The molecule has 28 heavy (non-hydrogen) atoms. The molecule has 0 saturated carbocycles. The summed E-state index contributed by atoms with van der Waals surface area (Å²) in [6.07, 6.45) is 0.408. The third-order valence-corrected chi connectivity index (χ3v) is 10.9. The average molecular weight is 401 g/mol. The van der Waals surface area contributed by atoms with E-state index in [4.69, 9.17) is 9.16 Å². The molecule has 0 bridgehead atoms. The Balaban J connectivity index is 2.02. The molecule has 2 aromatic rings. The van der Waals surface area contributed by atoms with Gasteiger partial charge in [-0.25, -0.2) is 0 Å². The van der Waals surface area contributed by atoms with E-state index in [0.717, 1.165) is 0 Å². The predicted octanol–water partition coefficient (Wildman–Crippen LogP) is 2.47. The highest BCUT2D eigenvalue weighted by Crippen LogP contribution is 2.38. The molecule has 1 fully saturated rings. The highest BCUT2D eigenvalue weighted by Gasteiger charge is 2.52. The van der Waals surface area contributed by atoms with E-state index in [0.29, 0.717) is 26.1 Å². The van der Waals surface area contributed by atoms with Gasteiger partial charge in [0, 0.05) is 19.4 Å². The maximum Gasteiger partial charge on any atom is 0.261 e. The molecule has 1 aliphatic rings. The van der Waals surface area contributed by atoms with E-state index >= 15 is 0 Å². The van der Waals surface area contributed by atoms with Crippen LogP contribution in [0.1, 0.15) is 33.6 Å². The van der Waals surface area contributed by atoms with Gasteiger partial charge >= 0.3 is 0 Å². The molecule has 1 heterocycles. The SMILES string of the molecule is CC(C)(C)[Si](OC[C@H]1OCC[C@]1(O)CCO)(c1ccccc1)c1ccccc1. The van der Waals surface area contributed by atoms with Crippen molar-refractivity contribution in [2.75, 3.05) is 19.8 Å². The van der Waals surface area contributed by atoms with Gasteiger partial charge < -0.3 is 19.4 Å². The van der Waals surface area contributed by atoms with E-state index in [1.807, 2.05) is 12.1 Å². The molecule has 2 aromatic carbocycles. The van der Waals surface area contributed by atoms with Crippen molar-refractivity contribution in [2.24, 2.45) is 0 Å². The largest absolute Gasteiger partial charge is 0.405 e. The molecule has 0 radical (unpaired) electrons. The Bertz CT molecular complexity index is 705. The molecule has 1 saturated heterocycles. The number of benzene rings is 2. The quantitative estimate of drug-likeness (QED) is 0.701. The van der Waals surface area contributed by atoms with Gasteiger partial charge in [-0.15, -0.1) is 0 Å². The van der Waals surface area contributed by atoms with Crippen molar-refractivity contribution in [3.8, 4) is 0 Å². The van der Waals surface area contributed by atoms with E-state index < -0.39 is 20.0 Å². The zero-order valence-electron chi connectivity index (χ0n) is 17.1. The van der Waals surface area contributed by atoms with Crippen LogP contribution in [-0.4, -0.2) is 50.1 Å². The molecule has 0 unspecified atom stereocenters. The molecule has 4 nitrogen and oxygen atoms in total. The molecule has 1 aliphatic heterocycles. The standard InChI is InChI=1S/C23H32O4Si/c1-22(2,3)28(19-10-6-4-7-11-19,20-12-8-5-9-13-20)27-18-21-23(25,14-16-24)15-17-26-21/h4-13,21,24-25H,14-18H2,1-3H3/t21-,23-/m1/s1. The van der Waals surface area contributed by atoms with Gasteiger partial charge in [-0.1, -0.05) is 81.4 Å². The highest BCUT2D eigenvalue weighted by atomic mass is 28.4. The minimum atomic E-state index is -2.66. The number of rotatable bonds is 7. The van der Waals surface area contributed by atoms with Gasteiger partial charge in [0.1, 0.15) is 6.10 Å². The number of ether oxygens (including phenoxy) is 1. The fourth-order valence-corrected chi connectivity index (χ4v) is 8.90. The summed E-state index contributed by atoms with van der Waals surface area (Å²) in [6, 6.07) is 20.9. The van der Waals surface area contributed by atoms with Crippen molar-refractivity contribution < 1.29 is 19.4 Å². The van der Waals surface area contributed by atoms with Crippen LogP contribution in [0.4, 0.5) is 0 Å². The molecular weight excluding hydrogens is 368 g/mol. The van der Waals surface area contributed by atoms with Gasteiger partial charge in [0.25, 0.3) is 8.32 Å². The Morgan fingerprint density at radius 3 is 2.04 bits per heavy atom. The van der Waals surface area contributed by atoms with E-state index in [1.54, 1.807) is 0 Å². The van der Waals surface area contributed by atoms with Gasteiger partial charge in [-0.2, -0.15) is 0 Å². The monoisotopic (exact) mass is 400 g/mol. The minimum Gasteiger partial charge on any atom is -0.405 e. The number of aliphatic hydroxyl groups is 2. The molecule has 2 atom stereocenters. The molecule has 2 N–H and O–H groups in total. The molecule has 5 heteroatoms. The van der Waals surface area contributed by atoms with Crippen LogP contribution >= 0.6 is 0 Å². The first kappa shape index (κ1) is 21.2. The molecule has 0 aromatic heterocycles. The number of hydrogen-bond acceptors (Lipinski definition) is 4. The first-order valence-electron chi connectivity index (χ1n) is 10.0. The maximum absolute atomic E-state index is 10.9. The molecule has 0 amide bonds. The second-order valence-corrected chi connectivity index (χ2v) is 13.0. The van der Waals surface area contributed by atoms with Gasteiger partial charge in [-0.05, 0) is 15.4 Å². The average Bonchev–Trinajstić information content (AvgIpc) is 3.03. The fourth-order valence-electron chi connectivity index (χ4n) is 4.34. The van der Waals surface area contributed by atoms with Crippen molar-refractivity contribution in [3.05, 3.63) is 60.7 Å². The van der Waals surface area contributed by atoms with Crippen LogP contribution in [0.5, 0.6) is 0 Å². The summed E-state index contributed by atoms with van der Waals surface area (Å²) in [6.45, 7) is 7.43. The predicted molar refractivity (Wildman–Crippen MR) is 115 cm³/mol. The van der Waals surface area contributed by atoms with Crippen molar-refractivity contribution in [1.29, 1.82) is 0 Å². The minimum absolute atomic E-state index is 0.0599. The van der Waals surface area contributed by atoms with Gasteiger partial charge in [0.2, 0.25) is 0 Å². The normalized spacial score (nSPS) is 23.1. The summed E-state index contributed by atoms with van der Waals surface area (Å²) in [4.78, 5) is 0. The number of aliphatic hydroxyl groups excluding tert-OH is 1. The van der Waals surface area contributed by atoms with E-state index in [1.165, 1.54) is 10.4 Å². The molecule has 3 rings (SSSR count). The van der Waals surface area contributed by atoms with Crippen LogP contribution < -0.4 is 10.4 Å². The fraction of sp³-hybridized carbons (Fsp3) is 0.478. The van der Waals surface area contributed by atoms with Crippen LogP contribution in [0.25, 0.3) is 0 Å². The summed E-state index contributed by atoms with van der Waals surface area (Å²) < 4.78 is 12.7. The topological polar surface area (TPSA) is 58.9 Å². The Morgan fingerprint density at radius 1 is 1.04 bits per heavy atom. The van der Waals surface area contributed by atoms with E-state index in [2.05, 4.69) is 69.3 Å². The summed E-state index contributed by atoms with van der Waals surface area (Å²) in [5.41, 5.74) is -1.03. The Hall–Kier alpha value is -1.50. The van der Waals surface area contributed by atoms with E-state index in [9.17, 15) is 10.2 Å². The Kier molecular flexibility index (Phi) is 6.42. The summed E-state index contributed by atoms with van der Waals surface area (Å²) in [5.74, 6) is 0. The second-order valence-electron chi connectivity index (χ2n) is 8.66. The molecule has 0 spiro atoms. The first-order valence-corrected chi connectivity index (χ1v) is 11.9. The van der Waals surface area contributed by atoms with Gasteiger partial charge in [-0.3, -0.25) is 0 Å². The van der Waals surface area contributed by atoms with Crippen molar-refractivity contribution in [2.45, 2.75) is 50.4 Å². The number of hydrogen-bond donors (Lipinski definition) is 2. The second kappa shape index (κ2) is 8.47. The lowest BCUT2D eigenvalue weighted by Gasteiger charge is -2.44. The summed E-state index contributed by atoms with van der Waals surface area (Å²) in [5, 5.41) is 22.6. The van der Waals surface area contributed by atoms with Crippen molar-refractivity contribution in [3.63, 3.8) is 0 Å². The molecule has 152 valence electrons. The first-order chi connectivity index (χ1) is 13.3. The lowest BCUT2D eigenvalue weighted by molar-refractivity contribution is -0.0690. The highest BCUT2D eigenvalue weighted by molar-refractivity contribution is 6.99. The Morgan fingerprint density at radius 2 is 1.57 bits per heavy atom. The van der Waals surface area contributed by atoms with Crippen LogP contribution in [0.15, 0.2) is 60.7 Å². The van der Waals surface area contributed by atoms with Gasteiger partial charge in [0.05, 0.1) is 18.8 Å². The third kappa shape index (κ3) is 3.95. The molecule has 0 aliphatic carbocycles. The van der Waals surface area contributed by atoms with E-state index in [-0.39, 0.29) is 11.6 Å². The van der Waals surface area contributed by atoms with Crippen LogP contribution in [0, 0.1) is 0 Å². The zero-order valence-corrected chi connectivity index (χ0v) is 18.1. The lowest BCUT2D eigenvalue weighted by Crippen LogP contribution is -2.67. The van der Waals surface area contributed by atoms with Crippen LogP contribution in [-0.2, 0) is 9.16 Å². The maximum atomic E-state index is 10.9. The van der Waals surface area contributed by atoms with Crippen LogP contribution in [0.2, 0.25) is 5.04 Å².